The molecule has 1 unspecified atom stereocenters. The molecule has 0 saturated carbocycles. The maximum atomic E-state index is 10.8. The number of carboxylic acid groups (broad SMARTS) is 1. The highest BCUT2D eigenvalue weighted by Crippen LogP contribution is 2.21. The van der Waals surface area contributed by atoms with Crippen molar-refractivity contribution in [3.8, 4) is 0 Å². The van der Waals surface area contributed by atoms with Crippen LogP contribution in [-0.4, -0.2) is 17.1 Å². The first-order chi connectivity index (χ1) is 6.66. The molecule has 4 heteroatoms. The summed E-state index contributed by atoms with van der Waals surface area (Å²) in [6, 6.07) is 5.52. The zero-order valence-electron chi connectivity index (χ0n) is 7.46. The molecule has 74 valence electrons. The molecule has 1 aliphatic rings. The Kier molecular flexibility index (Phi) is 2.56. The van der Waals surface area contributed by atoms with Crippen molar-refractivity contribution in [3.05, 3.63) is 33.8 Å². The average Bonchev–Trinajstić information content (AvgIpc) is 2.16. The van der Waals surface area contributed by atoms with Crippen molar-refractivity contribution >= 4 is 21.9 Å². The van der Waals surface area contributed by atoms with E-state index in [2.05, 4.69) is 21.2 Å². The second-order valence-electron chi connectivity index (χ2n) is 3.39. The van der Waals surface area contributed by atoms with Gasteiger partial charge in [-0.15, -0.1) is 0 Å². The molecule has 1 heterocycles. The van der Waals surface area contributed by atoms with Gasteiger partial charge in [0.15, 0.2) is 0 Å². The molecule has 2 N–H and O–H groups in total. The van der Waals surface area contributed by atoms with Gasteiger partial charge in [-0.3, -0.25) is 4.79 Å². The van der Waals surface area contributed by atoms with Crippen LogP contribution in [0.3, 0.4) is 0 Å². The molecule has 0 saturated heterocycles. The first kappa shape index (κ1) is 9.68. The minimum atomic E-state index is -0.779. The second-order valence-corrected chi connectivity index (χ2v) is 4.30. The molecule has 0 bridgehead atoms. The number of benzene rings is 1. The molecule has 1 aromatic rings. The van der Waals surface area contributed by atoms with Crippen molar-refractivity contribution in [2.45, 2.75) is 19.0 Å². The summed E-state index contributed by atoms with van der Waals surface area (Å²) in [4.78, 5) is 10.8. The van der Waals surface area contributed by atoms with E-state index in [1.165, 1.54) is 5.56 Å². The van der Waals surface area contributed by atoms with E-state index in [1.807, 2.05) is 18.2 Å². The molecule has 14 heavy (non-hydrogen) atoms. The first-order valence-electron chi connectivity index (χ1n) is 4.40. The molecule has 1 aromatic carbocycles. The predicted octanol–water partition coefficient (Wildman–Crippen LogP) is 1.55. The Morgan fingerprint density at radius 3 is 3.00 bits per heavy atom. The van der Waals surface area contributed by atoms with Crippen LogP contribution in [0.4, 0.5) is 0 Å². The van der Waals surface area contributed by atoms with Crippen molar-refractivity contribution < 1.29 is 9.90 Å². The van der Waals surface area contributed by atoms with Gasteiger partial charge in [-0.1, -0.05) is 22.0 Å². The minimum absolute atomic E-state index is 0.441. The lowest BCUT2D eigenvalue weighted by Crippen LogP contribution is -2.41. The monoisotopic (exact) mass is 255 g/mol. The van der Waals surface area contributed by atoms with Gasteiger partial charge in [0.2, 0.25) is 0 Å². The maximum Gasteiger partial charge on any atom is 0.321 e. The summed E-state index contributed by atoms with van der Waals surface area (Å²) in [5, 5.41) is 11.8. The fourth-order valence-corrected chi connectivity index (χ4v) is 2.07. The number of rotatable bonds is 1. The van der Waals surface area contributed by atoms with Gasteiger partial charge in [0.25, 0.3) is 0 Å². The van der Waals surface area contributed by atoms with Gasteiger partial charge in [-0.05, 0) is 29.7 Å². The predicted molar refractivity (Wildman–Crippen MR) is 56.1 cm³/mol. The fraction of sp³-hybridized carbons (Fsp3) is 0.300. The molecule has 0 aliphatic carbocycles. The Bertz CT molecular complexity index is 378. The first-order valence-corrected chi connectivity index (χ1v) is 5.19. The third kappa shape index (κ3) is 1.81. The van der Waals surface area contributed by atoms with Crippen LogP contribution in [0.15, 0.2) is 22.7 Å². The van der Waals surface area contributed by atoms with Gasteiger partial charge >= 0.3 is 5.97 Å². The highest BCUT2D eigenvalue weighted by atomic mass is 79.9. The summed E-state index contributed by atoms with van der Waals surface area (Å²) < 4.78 is 1.03. The van der Waals surface area contributed by atoms with Gasteiger partial charge in [-0.2, -0.15) is 0 Å². The molecule has 1 aliphatic heterocycles. The summed E-state index contributed by atoms with van der Waals surface area (Å²) >= 11 is 3.39. The molecule has 0 amide bonds. The van der Waals surface area contributed by atoms with Crippen LogP contribution in [0.25, 0.3) is 0 Å². The number of nitrogens with one attached hydrogen (secondary N) is 1. The zero-order valence-corrected chi connectivity index (χ0v) is 9.04. The Balaban J connectivity index is 2.27. The number of hydrogen-bond acceptors (Lipinski definition) is 2. The Morgan fingerprint density at radius 1 is 1.50 bits per heavy atom. The van der Waals surface area contributed by atoms with E-state index in [9.17, 15) is 4.79 Å². The summed E-state index contributed by atoms with van der Waals surface area (Å²) in [5.41, 5.74) is 2.30. The van der Waals surface area contributed by atoms with Crippen molar-refractivity contribution in [2.24, 2.45) is 0 Å². The molecule has 0 spiro atoms. The van der Waals surface area contributed by atoms with E-state index in [0.717, 1.165) is 10.0 Å². The van der Waals surface area contributed by atoms with E-state index >= 15 is 0 Å². The highest BCUT2D eigenvalue weighted by molar-refractivity contribution is 9.10. The van der Waals surface area contributed by atoms with E-state index < -0.39 is 12.0 Å². The lowest BCUT2D eigenvalue weighted by Gasteiger charge is -2.23. The average molecular weight is 256 g/mol. The van der Waals surface area contributed by atoms with Gasteiger partial charge in [0.1, 0.15) is 6.04 Å². The van der Waals surface area contributed by atoms with Crippen LogP contribution in [0, 0.1) is 0 Å². The fourth-order valence-electron chi connectivity index (χ4n) is 1.66. The van der Waals surface area contributed by atoms with Gasteiger partial charge in [-0.25, -0.2) is 0 Å². The smallest absolute Gasteiger partial charge is 0.321 e. The summed E-state index contributed by atoms with van der Waals surface area (Å²) in [6.07, 6.45) is 0.567. The molecule has 0 aromatic heterocycles. The zero-order chi connectivity index (χ0) is 10.1. The maximum absolute atomic E-state index is 10.8. The van der Waals surface area contributed by atoms with Crippen molar-refractivity contribution in [3.63, 3.8) is 0 Å². The number of carboxylic acids is 1. The molecular weight excluding hydrogens is 246 g/mol. The Labute approximate surface area is 90.3 Å². The minimum Gasteiger partial charge on any atom is -0.480 e. The van der Waals surface area contributed by atoms with Crippen molar-refractivity contribution in [1.82, 2.24) is 5.32 Å². The standard InChI is InChI=1S/C10H10BrNO2/c11-8-2-1-6-4-9(10(13)14)12-5-7(6)3-8/h1-3,9,12H,4-5H2,(H,13,14). The molecule has 1 atom stereocenters. The number of halogens is 1. The largest absolute Gasteiger partial charge is 0.480 e. The van der Waals surface area contributed by atoms with E-state index in [1.54, 1.807) is 0 Å². The van der Waals surface area contributed by atoms with E-state index in [-0.39, 0.29) is 0 Å². The summed E-state index contributed by atoms with van der Waals surface area (Å²) in [6.45, 7) is 0.631. The number of hydrogen-bond donors (Lipinski definition) is 2. The SMILES string of the molecule is O=C(O)C1Cc2ccc(Br)cc2CN1. The molecular formula is C10H10BrNO2. The van der Waals surface area contributed by atoms with Crippen molar-refractivity contribution in [1.29, 1.82) is 0 Å². The third-order valence-electron chi connectivity index (χ3n) is 2.43. The van der Waals surface area contributed by atoms with E-state index in [0.29, 0.717) is 13.0 Å². The second kappa shape index (κ2) is 3.71. The van der Waals surface area contributed by atoms with Crippen LogP contribution in [0.2, 0.25) is 0 Å². The lowest BCUT2D eigenvalue weighted by atomic mass is 9.96. The molecule has 2 rings (SSSR count). The molecule has 3 nitrogen and oxygen atoms in total. The van der Waals surface area contributed by atoms with Crippen LogP contribution in [-0.2, 0) is 17.8 Å². The lowest BCUT2D eigenvalue weighted by molar-refractivity contribution is -0.139. The van der Waals surface area contributed by atoms with Crippen molar-refractivity contribution in [2.75, 3.05) is 0 Å². The Hall–Kier alpha value is -0.870. The van der Waals surface area contributed by atoms with Crippen LogP contribution in [0.5, 0.6) is 0 Å². The Morgan fingerprint density at radius 2 is 2.29 bits per heavy atom. The normalized spacial score (nSPS) is 20.2. The van der Waals surface area contributed by atoms with Crippen LogP contribution >= 0.6 is 15.9 Å². The molecule has 0 fully saturated rings. The van der Waals surface area contributed by atoms with Crippen LogP contribution < -0.4 is 5.32 Å². The third-order valence-corrected chi connectivity index (χ3v) is 2.92. The topological polar surface area (TPSA) is 49.3 Å². The summed E-state index contributed by atoms with van der Waals surface area (Å²) in [5.74, 6) is -0.779. The summed E-state index contributed by atoms with van der Waals surface area (Å²) in [7, 11) is 0. The van der Waals surface area contributed by atoms with Crippen LogP contribution in [0.1, 0.15) is 11.1 Å². The number of carbonyl (C=O) groups is 1. The highest BCUT2D eigenvalue weighted by Gasteiger charge is 2.23. The quantitative estimate of drug-likeness (QED) is 0.801. The number of aliphatic carboxylic acids is 1. The number of fused-ring (bicyclic) bond motifs is 1. The van der Waals surface area contributed by atoms with Gasteiger partial charge in [0, 0.05) is 11.0 Å². The van der Waals surface area contributed by atoms with Gasteiger partial charge < -0.3 is 10.4 Å². The molecule has 0 radical (unpaired) electrons. The van der Waals surface area contributed by atoms with Gasteiger partial charge in [0.05, 0.1) is 0 Å². The van der Waals surface area contributed by atoms with E-state index in [4.69, 9.17) is 5.11 Å².